The van der Waals surface area contributed by atoms with Crippen LogP contribution >= 0.6 is 35.4 Å². The molecule has 0 spiro atoms. The molecular weight excluding hydrogens is 866 g/mol. The quantitative estimate of drug-likeness (QED) is 0.0232. The Bertz CT molecular complexity index is 2610. The van der Waals surface area contributed by atoms with Crippen molar-refractivity contribution in [2.45, 2.75) is 26.5 Å². The van der Waals surface area contributed by atoms with Crippen LogP contribution in [0.3, 0.4) is 0 Å². The van der Waals surface area contributed by atoms with E-state index < -0.39 is 30.0 Å². The molecule has 0 saturated carbocycles. The summed E-state index contributed by atoms with van der Waals surface area (Å²) in [4.78, 5) is 4.11. The van der Waals surface area contributed by atoms with Gasteiger partial charge in [0.15, 0.2) is 16.6 Å². The summed E-state index contributed by atoms with van der Waals surface area (Å²) < 4.78 is 77.2. The molecule has 0 aliphatic carbocycles. The maximum Gasteiger partial charge on any atom is 1.00 e. The van der Waals surface area contributed by atoms with Crippen molar-refractivity contribution < 1.29 is 131 Å². The maximum atomic E-state index is 11.5. The first-order valence-electron chi connectivity index (χ1n) is 14.6. The van der Waals surface area contributed by atoms with E-state index in [9.17, 15) is 47.0 Å². The zero-order chi connectivity index (χ0) is 40.5. The predicted molar refractivity (Wildman–Crippen MR) is 189 cm³/mol. The normalized spacial score (nSPS) is 11.1. The van der Waals surface area contributed by atoms with E-state index in [1.165, 1.54) is 55.5 Å². The number of nitrogens with one attached hydrogen (secondary N) is 2. The fourth-order valence-corrected chi connectivity index (χ4v) is 7.07. The Morgan fingerprint density at radius 3 is 1.65 bits per heavy atom. The van der Waals surface area contributed by atoms with Crippen LogP contribution < -0.4 is 96.6 Å². The molecule has 0 unspecified atom stereocenters. The summed E-state index contributed by atoms with van der Waals surface area (Å²) >= 11 is 1.97. The fraction of sp³-hybridized carbons (Fsp3) is 0.0333. The molecule has 60 heavy (non-hydrogen) atoms. The van der Waals surface area contributed by atoms with E-state index in [4.69, 9.17) is 0 Å². The number of aromatic nitrogens is 1. The smallest absolute Gasteiger partial charge is 0.744 e. The van der Waals surface area contributed by atoms with E-state index in [1.807, 2.05) is 12.1 Å². The fourth-order valence-electron chi connectivity index (χ4n) is 4.41. The van der Waals surface area contributed by atoms with Crippen molar-refractivity contribution in [1.29, 1.82) is 10.5 Å². The molecule has 3 aromatic carbocycles. The van der Waals surface area contributed by atoms with E-state index in [2.05, 4.69) is 54.8 Å². The van der Waals surface area contributed by atoms with Crippen LogP contribution in [0.1, 0.15) is 16.7 Å². The van der Waals surface area contributed by atoms with Crippen LogP contribution in [0.5, 0.6) is 0 Å². The molecular formula is C30H17Li4N9O12S5. The molecule has 0 aliphatic heterocycles. The Balaban J connectivity index is 0.00000450. The largest absolute Gasteiger partial charge is 1.00 e. The number of thiophene rings is 1. The van der Waals surface area contributed by atoms with E-state index in [0.717, 1.165) is 35.6 Å². The second-order valence-electron chi connectivity index (χ2n) is 10.4. The molecule has 21 nitrogen and oxygen atoms in total. The van der Waals surface area contributed by atoms with E-state index in [-0.39, 0.29) is 137 Å². The number of pyridine rings is 1. The molecule has 30 heteroatoms. The van der Waals surface area contributed by atoms with Gasteiger partial charge in [0.05, 0.1) is 50.7 Å². The molecule has 2 heterocycles. The third-order valence-electron chi connectivity index (χ3n) is 6.84. The Hall–Kier alpha value is -3.04. The number of nitrogens with zero attached hydrogens (tertiary/aromatic N) is 7. The number of hydrogen-bond donors (Lipinski definition) is 2. The summed E-state index contributed by atoms with van der Waals surface area (Å²) in [5.41, 5.74) is 0.894. The van der Waals surface area contributed by atoms with Crippen LogP contribution in [0.25, 0.3) is 0 Å². The number of benzene rings is 3. The van der Waals surface area contributed by atoms with Crippen LogP contribution in [0.15, 0.2) is 113 Å². The van der Waals surface area contributed by atoms with Gasteiger partial charge in [0.1, 0.15) is 43.1 Å². The topological polar surface area (TPSA) is 331 Å². The molecule has 2 aromatic heterocycles. The van der Waals surface area contributed by atoms with Gasteiger partial charge in [-0.15, -0.1) is 20.5 Å². The van der Waals surface area contributed by atoms with Gasteiger partial charge < -0.3 is 30.3 Å². The molecule has 0 aliphatic rings. The van der Waals surface area contributed by atoms with Gasteiger partial charge in [0.25, 0.3) is 0 Å². The molecule has 0 saturated heterocycles. The summed E-state index contributed by atoms with van der Waals surface area (Å²) in [6.07, 6.45) is 0. The molecule has 2 N–H and O–H groups in total. The first-order valence-corrected chi connectivity index (χ1v) is 19.7. The van der Waals surface area contributed by atoms with Gasteiger partial charge in [0.2, 0.25) is 0 Å². The molecule has 5 aromatic rings. The monoisotopic (exact) mass is 883 g/mol. The molecule has 0 bridgehead atoms. The van der Waals surface area contributed by atoms with Crippen LogP contribution in [-0.4, -0.2) is 30.9 Å². The van der Waals surface area contributed by atoms with Gasteiger partial charge in [-0.25, -0.2) is 21.8 Å². The van der Waals surface area contributed by atoms with Crippen LogP contribution in [0.2, 0.25) is 0 Å². The Labute approximate surface area is 401 Å². The summed E-state index contributed by atoms with van der Waals surface area (Å²) in [5.74, 6) is -0.0777. The van der Waals surface area contributed by atoms with Crippen molar-refractivity contribution in [3.8, 4) is 12.1 Å². The molecule has 288 valence electrons. The zero-order valence-electron chi connectivity index (χ0n) is 31.5. The van der Waals surface area contributed by atoms with E-state index in [1.54, 1.807) is 0 Å². The minimum atomic E-state index is -4.76. The van der Waals surface area contributed by atoms with Crippen molar-refractivity contribution in [3.63, 3.8) is 0 Å². The average molecular weight is 884 g/mol. The Morgan fingerprint density at radius 2 is 1.20 bits per heavy atom. The number of nitriles is 2. The molecule has 5 rings (SSSR count). The third kappa shape index (κ3) is 15.1. The second kappa shape index (κ2) is 25.2. The van der Waals surface area contributed by atoms with Gasteiger partial charge in [-0.05, 0) is 79.7 Å². The average Bonchev–Trinajstić information content (AvgIpc) is 3.57. The minimum absolute atomic E-state index is 0. The van der Waals surface area contributed by atoms with Gasteiger partial charge in [-0.1, -0.05) is 11.3 Å². The zero-order valence-corrected chi connectivity index (χ0v) is 35.6. The van der Waals surface area contributed by atoms with Gasteiger partial charge in [0, 0.05) is 26.7 Å². The Kier molecular flexibility index (Phi) is 23.1. The standard InChI is InChI=1S/C30H21N9O12S5.4Li/c1-16-25(15-32)28(33-18-2-6-23(7-3-18)55(42,43)44)35-29(34-19-4-8-24(9-5-19)56(45,46)47)27(16)38-39-30-17(14-31)10-26(52-30)37-36-20-11-21(53-50-48-40)13-22(12-20)54-51-49-41;;;;/h2-13,40-41H,1H3,(H2,33,34,35)(H,42,43,44)(H,45,46,47);;;;/q;4*+1/p-4. The van der Waals surface area contributed by atoms with Crippen molar-refractivity contribution in [2.24, 2.45) is 20.5 Å². The summed E-state index contributed by atoms with van der Waals surface area (Å²) in [7, 11) is -9.49. The maximum absolute atomic E-state index is 11.5. The van der Waals surface area contributed by atoms with Gasteiger partial charge in [-0.3, -0.25) is 10.1 Å². The minimum Gasteiger partial charge on any atom is -0.744 e. The molecule has 0 fully saturated rings. The summed E-state index contributed by atoms with van der Waals surface area (Å²) in [6.45, 7) is 1.52. The van der Waals surface area contributed by atoms with Crippen LogP contribution in [0.4, 0.5) is 44.4 Å². The van der Waals surface area contributed by atoms with Crippen molar-refractivity contribution in [3.05, 3.63) is 89.5 Å². The van der Waals surface area contributed by atoms with E-state index >= 15 is 0 Å². The van der Waals surface area contributed by atoms with Crippen molar-refractivity contribution in [2.75, 3.05) is 10.6 Å². The Morgan fingerprint density at radius 1 is 0.700 bits per heavy atom. The first kappa shape index (κ1) is 55.0. The SMILES string of the molecule is Cc1c(C#N)c(Nc2ccc(S(=O)(=O)[O-])cc2)nc(Nc2ccc(S(=O)(=O)[O-])cc2)c1N=Nc1sc(N=Nc2cc(SOO[O-])cc(SOO[O-])c2)cc1C#N.[Li+].[Li+].[Li+].[Li+]. The third-order valence-corrected chi connectivity index (χ3v) is 10.5. The number of hydrogen-bond acceptors (Lipinski definition) is 24. The van der Waals surface area contributed by atoms with Crippen molar-refractivity contribution in [1.82, 2.24) is 4.98 Å². The first-order chi connectivity index (χ1) is 26.7. The molecule has 0 amide bonds. The predicted octanol–water partition coefficient (Wildman–Crippen LogP) is -6.20. The molecule has 0 atom stereocenters. The molecule has 0 radical (unpaired) electrons. The van der Waals surface area contributed by atoms with E-state index in [0.29, 0.717) is 33.9 Å². The number of azo groups is 2. The van der Waals surface area contributed by atoms with Gasteiger partial charge >= 0.3 is 75.4 Å². The van der Waals surface area contributed by atoms with Crippen LogP contribution in [-0.2, 0) is 39.0 Å². The summed E-state index contributed by atoms with van der Waals surface area (Å²) in [6, 6.07) is 19.1. The number of rotatable bonds is 16. The van der Waals surface area contributed by atoms with Gasteiger partial charge in [-0.2, -0.15) is 19.2 Å². The van der Waals surface area contributed by atoms with Crippen molar-refractivity contribution >= 4 is 100 Å². The summed E-state index contributed by atoms with van der Waals surface area (Å²) in [5, 5.41) is 70.1. The second-order valence-corrected chi connectivity index (χ2v) is 15.7. The number of anilines is 4. The van der Waals surface area contributed by atoms with Crippen LogP contribution in [0, 0.1) is 29.6 Å².